The first-order chi connectivity index (χ1) is 16.5. The summed E-state index contributed by atoms with van der Waals surface area (Å²) in [7, 11) is 1.05. The number of anilines is 1. The standard InChI is InChI=1S/C26H36F4N2O3/c1-15(25(34)35-2)18-13-20(27)21(14-19(18)26(28,29)30)32-24(33)23(31)22(16-9-5-3-6-10-16)17-11-7-4-8-12-17/h13-17,22-23H,3-12,31H2,1-2H3,(H,32,33)/t15?,23-/m0/s1. The highest BCUT2D eigenvalue weighted by molar-refractivity contribution is 5.95. The predicted molar refractivity (Wildman–Crippen MR) is 125 cm³/mol. The van der Waals surface area contributed by atoms with E-state index in [-0.39, 0.29) is 17.8 Å². The molecule has 2 atom stereocenters. The molecule has 2 aliphatic carbocycles. The van der Waals surface area contributed by atoms with Crippen LogP contribution in [0.2, 0.25) is 0 Å². The van der Waals surface area contributed by atoms with Crippen molar-refractivity contribution >= 4 is 17.6 Å². The molecule has 1 aromatic carbocycles. The maximum absolute atomic E-state index is 14.9. The van der Waals surface area contributed by atoms with Gasteiger partial charge in [-0.05, 0) is 42.4 Å². The quantitative estimate of drug-likeness (QED) is 0.347. The lowest BCUT2D eigenvalue weighted by Gasteiger charge is -2.40. The van der Waals surface area contributed by atoms with Gasteiger partial charge in [-0.3, -0.25) is 9.59 Å². The molecule has 0 saturated heterocycles. The summed E-state index contributed by atoms with van der Waals surface area (Å²) in [5, 5.41) is 2.34. The Morgan fingerprint density at radius 3 is 1.97 bits per heavy atom. The van der Waals surface area contributed by atoms with Crippen molar-refractivity contribution in [3.63, 3.8) is 0 Å². The smallest absolute Gasteiger partial charge is 0.416 e. The van der Waals surface area contributed by atoms with Crippen molar-refractivity contribution in [2.24, 2.45) is 23.5 Å². The van der Waals surface area contributed by atoms with Crippen molar-refractivity contribution in [3.05, 3.63) is 29.1 Å². The minimum Gasteiger partial charge on any atom is -0.469 e. The number of esters is 1. The van der Waals surface area contributed by atoms with E-state index in [4.69, 9.17) is 5.73 Å². The van der Waals surface area contributed by atoms with E-state index in [0.29, 0.717) is 12.1 Å². The van der Waals surface area contributed by atoms with Gasteiger partial charge in [-0.1, -0.05) is 64.2 Å². The summed E-state index contributed by atoms with van der Waals surface area (Å²) in [5.74, 6) is -3.50. The van der Waals surface area contributed by atoms with Crippen LogP contribution < -0.4 is 11.1 Å². The average molecular weight is 501 g/mol. The van der Waals surface area contributed by atoms with Gasteiger partial charge in [-0.15, -0.1) is 0 Å². The minimum absolute atomic E-state index is 0.0839. The van der Waals surface area contributed by atoms with Crippen LogP contribution in [0.5, 0.6) is 0 Å². The number of methoxy groups -OCH3 is 1. The lowest BCUT2D eigenvalue weighted by molar-refractivity contribution is -0.143. The molecule has 2 aliphatic rings. The fourth-order valence-corrected chi connectivity index (χ4v) is 5.99. The van der Waals surface area contributed by atoms with Gasteiger partial charge in [0.25, 0.3) is 0 Å². The molecule has 3 rings (SSSR count). The molecule has 0 radical (unpaired) electrons. The van der Waals surface area contributed by atoms with Crippen molar-refractivity contribution in [1.29, 1.82) is 0 Å². The number of benzene rings is 1. The number of nitrogens with one attached hydrogen (secondary N) is 1. The predicted octanol–water partition coefficient (Wildman–Crippen LogP) is 6.16. The lowest BCUT2D eigenvalue weighted by atomic mass is 9.66. The molecule has 196 valence electrons. The number of hydrogen-bond acceptors (Lipinski definition) is 4. The Bertz CT molecular complexity index is 875. The summed E-state index contributed by atoms with van der Waals surface area (Å²) in [5.41, 5.74) is 4.12. The van der Waals surface area contributed by atoms with Gasteiger partial charge in [-0.2, -0.15) is 13.2 Å². The number of nitrogens with two attached hydrogens (primary N) is 1. The highest BCUT2D eigenvalue weighted by Crippen LogP contribution is 2.42. The van der Waals surface area contributed by atoms with Crippen LogP contribution in [0, 0.1) is 23.6 Å². The number of carbonyl (C=O) groups is 2. The SMILES string of the molecule is COC(=O)C(C)c1cc(F)c(NC(=O)[C@@H](N)C(C2CCCCC2)C2CCCCC2)cc1C(F)(F)F. The lowest BCUT2D eigenvalue weighted by Crippen LogP contribution is -2.48. The van der Waals surface area contributed by atoms with Gasteiger partial charge in [0.2, 0.25) is 5.91 Å². The normalized spacial score (nSPS) is 19.9. The van der Waals surface area contributed by atoms with E-state index in [1.165, 1.54) is 6.92 Å². The van der Waals surface area contributed by atoms with E-state index in [0.717, 1.165) is 71.3 Å². The van der Waals surface area contributed by atoms with Crippen molar-refractivity contribution in [2.45, 2.75) is 89.3 Å². The number of halogens is 4. The molecule has 0 bridgehead atoms. The van der Waals surface area contributed by atoms with Crippen LogP contribution in [0.25, 0.3) is 0 Å². The van der Waals surface area contributed by atoms with Crippen LogP contribution in [0.3, 0.4) is 0 Å². The fraction of sp³-hybridized carbons (Fsp3) is 0.692. The van der Waals surface area contributed by atoms with Crippen LogP contribution in [0.1, 0.15) is 88.2 Å². The molecular weight excluding hydrogens is 464 g/mol. The van der Waals surface area contributed by atoms with Crippen molar-refractivity contribution in [3.8, 4) is 0 Å². The Balaban J connectivity index is 1.88. The van der Waals surface area contributed by atoms with Crippen molar-refractivity contribution < 1.29 is 31.9 Å². The Kier molecular flexibility index (Phi) is 9.18. The molecule has 0 heterocycles. The van der Waals surface area contributed by atoms with E-state index in [9.17, 15) is 27.2 Å². The molecule has 0 spiro atoms. The third-order valence-corrected chi connectivity index (χ3v) is 7.83. The molecule has 0 aromatic heterocycles. The summed E-state index contributed by atoms with van der Waals surface area (Å²) in [6.07, 6.45) is 5.66. The number of ether oxygens (including phenoxy) is 1. The molecule has 0 aliphatic heterocycles. The largest absolute Gasteiger partial charge is 0.469 e. The fourth-order valence-electron chi connectivity index (χ4n) is 5.99. The van der Waals surface area contributed by atoms with Crippen molar-refractivity contribution in [1.82, 2.24) is 0 Å². The van der Waals surface area contributed by atoms with Gasteiger partial charge in [0, 0.05) is 0 Å². The molecule has 35 heavy (non-hydrogen) atoms. The first kappa shape index (κ1) is 27.4. The number of hydrogen-bond donors (Lipinski definition) is 2. The number of alkyl halides is 3. The van der Waals surface area contributed by atoms with Gasteiger partial charge in [0.1, 0.15) is 5.82 Å². The zero-order chi connectivity index (χ0) is 25.8. The topological polar surface area (TPSA) is 81.4 Å². The van der Waals surface area contributed by atoms with Crippen LogP contribution in [-0.2, 0) is 20.5 Å². The van der Waals surface area contributed by atoms with Crippen LogP contribution in [-0.4, -0.2) is 25.0 Å². The Morgan fingerprint density at radius 2 is 1.51 bits per heavy atom. The van der Waals surface area contributed by atoms with Crippen LogP contribution in [0.4, 0.5) is 23.2 Å². The third kappa shape index (κ3) is 6.54. The zero-order valence-electron chi connectivity index (χ0n) is 20.4. The third-order valence-electron chi connectivity index (χ3n) is 7.83. The minimum atomic E-state index is -4.86. The van der Waals surface area contributed by atoms with E-state index in [2.05, 4.69) is 10.1 Å². The summed E-state index contributed by atoms with van der Waals surface area (Å²) in [6.45, 7) is 1.21. The molecule has 2 fully saturated rings. The van der Waals surface area contributed by atoms with Gasteiger partial charge >= 0.3 is 12.1 Å². The molecule has 9 heteroatoms. The molecule has 3 N–H and O–H groups in total. The number of amides is 1. The highest BCUT2D eigenvalue weighted by Gasteiger charge is 2.40. The van der Waals surface area contributed by atoms with Gasteiger partial charge in [0.05, 0.1) is 30.3 Å². The Labute approximate surface area is 204 Å². The van der Waals surface area contributed by atoms with Gasteiger partial charge in [0.15, 0.2) is 0 Å². The summed E-state index contributed by atoms with van der Waals surface area (Å²) >= 11 is 0. The molecule has 1 aromatic rings. The molecular formula is C26H36F4N2O3. The van der Waals surface area contributed by atoms with E-state index < -0.39 is 52.6 Å². The van der Waals surface area contributed by atoms with E-state index in [1.807, 2.05) is 0 Å². The Morgan fingerprint density at radius 1 is 1.00 bits per heavy atom. The van der Waals surface area contributed by atoms with Crippen LogP contribution in [0.15, 0.2) is 12.1 Å². The summed E-state index contributed by atoms with van der Waals surface area (Å²) in [6, 6.07) is 0.250. The zero-order valence-corrected chi connectivity index (χ0v) is 20.4. The van der Waals surface area contributed by atoms with E-state index in [1.54, 1.807) is 0 Å². The number of carbonyl (C=O) groups excluding carboxylic acids is 2. The molecule has 2 saturated carbocycles. The maximum Gasteiger partial charge on any atom is 0.416 e. The molecule has 1 amide bonds. The highest BCUT2D eigenvalue weighted by atomic mass is 19.4. The van der Waals surface area contributed by atoms with Crippen molar-refractivity contribution in [2.75, 3.05) is 12.4 Å². The Hall–Kier alpha value is -2.16. The summed E-state index contributed by atoms with van der Waals surface area (Å²) < 4.78 is 60.8. The van der Waals surface area contributed by atoms with Gasteiger partial charge in [-0.25, -0.2) is 4.39 Å². The van der Waals surface area contributed by atoms with Crippen LogP contribution >= 0.6 is 0 Å². The first-order valence-corrected chi connectivity index (χ1v) is 12.6. The van der Waals surface area contributed by atoms with E-state index >= 15 is 0 Å². The second-order valence-corrected chi connectivity index (χ2v) is 10.1. The average Bonchev–Trinajstić information content (AvgIpc) is 2.84. The second-order valence-electron chi connectivity index (χ2n) is 10.1. The molecule has 5 nitrogen and oxygen atoms in total. The first-order valence-electron chi connectivity index (χ1n) is 12.6. The summed E-state index contributed by atoms with van der Waals surface area (Å²) in [4.78, 5) is 25.0. The maximum atomic E-state index is 14.9. The molecule has 1 unspecified atom stereocenters. The monoisotopic (exact) mass is 500 g/mol. The number of rotatable bonds is 7. The second kappa shape index (κ2) is 11.7. The van der Waals surface area contributed by atoms with Gasteiger partial charge < -0.3 is 15.8 Å².